The van der Waals surface area contributed by atoms with Gasteiger partial charge in [0.1, 0.15) is 23.4 Å². The average Bonchev–Trinajstić information content (AvgIpc) is 3.68. The molecule has 0 aliphatic heterocycles. The summed E-state index contributed by atoms with van der Waals surface area (Å²) in [6, 6.07) is 7.52. The number of aromatic nitrogens is 3. The first-order chi connectivity index (χ1) is 23.7. The van der Waals surface area contributed by atoms with E-state index in [9.17, 15) is 31.9 Å². The number of carbonyl (C=O) groups is 3. The molecule has 4 aromatic rings. The molecule has 1 aliphatic rings. The van der Waals surface area contributed by atoms with Crippen molar-refractivity contribution in [3.8, 4) is 0 Å². The van der Waals surface area contributed by atoms with Crippen molar-refractivity contribution in [1.29, 1.82) is 0 Å². The quantitative estimate of drug-likeness (QED) is 0.125. The number of anilines is 1. The fourth-order valence-corrected chi connectivity index (χ4v) is 6.45. The molecule has 11 nitrogen and oxygen atoms in total. The number of nitrogens with two attached hydrogens (primary N) is 1. The molecule has 1 aliphatic carbocycles. The second-order valence-electron chi connectivity index (χ2n) is 13.1. The lowest BCUT2D eigenvalue weighted by Gasteiger charge is -2.39. The molecule has 268 valence electrons. The van der Waals surface area contributed by atoms with Gasteiger partial charge in [0, 0.05) is 17.5 Å². The average molecular weight is 700 g/mol. The summed E-state index contributed by atoms with van der Waals surface area (Å²) in [5.74, 6) is -3.02. The SMILES string of the molecule is CCC(C)[C@H](NC(=O)Cc1ccccc1F)C(=O)N[C@]1(C(=O)NC(c2nnc(N)o2)[C@@H](C)CC)CCc2[nH]c3c(C(F)(F)F)cccc3c2C1. The van der Waals surface area contributed by atoms with Crippen molar-refractivity contribution in [3.63, 3.8) is 0 Å². The van der Waals surface area contributed by atoms with Crippen LogP contribution in [0.25, 0.3) is 10.9 Å². The first kappa shape index (κ1) is 36.3. The minimum absolute atomic E-state index is 0.0152. The number of hydrogen-bond donors (Lipinski definition) is 5. The lowest BCUT2D eigenvalue weighted by atomic mass is 9.78. The monoisotopic (exact) mass is 699 g/mol. The molecule has 0 fully saturated rings. The van der Waals surface area contributed by atoms with E-state index in [0.29, 0.717) is 24.1 Å². The molecule has 2 aromatic heterocycles. The third kappa shape index (κ3) is 7.45. The Balaban J connectivity index is 1.52. The number of aromatic amines is 1. The summed E-state index contributed by atoms with van der Waals surface area (Å²) in [4.78, 5) is 44.9. The van der Waals surface area contributed by atoms with Gasteiger partial charge in [-0.2, -0.15) is 13.2 Å². The summed E-state index contributed by atoms with van der Waals surface area (Å²) in [6.07, 6.45) is -3.90. The Bertz CT molecular complexity index is 1870. The van der Waals surface area contributed by atoms with Gasteiger partial charge in [-0.1, -0.05) is 76.0 Å². The number of amides is 3. The third-order valence-corrected chi connectivity index (χ3v) is 9.76. The lowest BCUT2D eigenvalue weighted by molar-refractivity contribution is -0.137. The van der Waals surface area contributed by atoms with Gasteiger partial charge in [0.2, 0.25) is 23.6 Å². The number of nitrogen functional groups attached to an aromatic ring is 1. The van der Waals surface area contributed by atoms with Crippen LogP contribution in [0, 0.1) is 17.7 Å². The van der Waals surface area contributed by atoms with Crippen molar-refractivity contribution in [1.82, 2.24) is 31.1 Å². The number of fused-ring (bicyclic) bond motifs is 3. The number of aryl methyl sites for hydroxylation is 1. The van der Waals surface area contributed by atoms with Crippen molar-refractivity contribution < 1.29 is 36.4 Å². The van der Waals surface area contributed by atoms with Crippen LogP contribution in [-0.2, 0) is 39.8 Å². The molecule has 50 heavy (non-hydrogen) atoms. The summed E-state index contributed by atoms with van der Waals surface area (Å²) < 4.78 is 61.8. The van der Waals surface area contributed by atoms with E-state index in [2.05, 4.69) is 31.1 Å². The van der Waals surface area contributed by atoms with E-state index in [-0.39, 0.29) is 60.0 Å². The van der Waals surface area contributed by atoms with Crippen molar-refractivity contribution >= 4 is 34.6 Å². The van der Waals surface area contributed by atoms with E-state index < -0.39 is 58.8 Å². The standard InChI is InChI=1S/C35H41F4N7O4/c1-5-18(3)27(42-26(47)16-20-10-7-8-13-24(20)36)30(48)44-34(32(49)43-28(19(4)6-2)31-45-46-33(40)50-31)15-14-25-22(17-34)21-11-9-12-23(29(21)41-25)35(37,38)39/h7-13,18-19,27-28,41H,5-6,14-17H2,1-4H3,(H2,40,46)(H,42,47)(H,43,49)(H,44,48)/t18?,19-,27-,28?,34+/m0/s1. The Hall–Kier alpha value is -4.95. The van der Waals surface area contributed by atoms with Crippen molar-refractivity contribution in [2.24, 2.45) is 11.8 Å². The van der Waals surface area contributed by atoms with Crippen LogP contribution in [0.1, 0.15) is 81.3 Å². The number of nitrogens with zero attached hydrogens (tertiary/aromatic N) is 2. The van der Waals surface area contributed by atoms with Gasteiger partial charge in [-0.25, -0.2) is 4.39 Å². The Labute approximate surface area is 286 Å². The molecular formula is C35H41F4N7O4. The molecule has 3 amide bonds. The van der Waals surface area contributed by atoms with E-state index >= 15 is 0 Å². The normalized spacial score (nSPS) is 18.5. The molecule has 6 N–H and O–H groups in total. The zero-order valence-corrected chi connectivity index (χ0v) is 28.2. The smallest absolute Gasteiger partial charge is 0.406 e. The molecule has 5 rings (SSSR count). The van der Waals surface area contributed by atoms with Gasteiger partial charge in [0.05, 0.1) is 17.5 Å². The van der Waals surface area contributed by atoms with Crippen LogP contribution in [0.3, 0.4) is 0 Å². The Morgan fingerprint density at radius 3 is 2.38 bits per heavy atom. The predicted octanol–water partition coefficient (Wildman–Crippen LogP) is 5.31. The fourth-order valence-electron chi connectivity index (χ4n) is 6.45. The second kappa shape index (κ2) is 14.5. The van der Waals surface area contributed by atoms with Gasteiger partial charge in [-0.15, -0.1) is 5.10 Å². The number of rotatable bonds is 12. The Morgan fingerprint density at radius 1 is 1.02 bits per heavy atom. The maximum absolute atomic E-state index is 14.6. The van der Waals surface area contributed by atoms with Gasteiger partial charge >= 0.3 is 12.2 Å². The number of benzene rings is 2. The lowest BCUT2D eigenvalue weighted by Crippen LogP contribution is -2.65. The van der Waals surface area contributed by atoms with Crippen LogP contribution in [0.4, 0.5) is 23.6 Å². The van der Waals surface area contributed by atoms with E-state index in [1.54, 1.807) is 19.1 Å². The summed E-state index contributed by atoms with van der Waals surface area (Å²) in [5, 5.41) is 16.6. The number of carbonyl (C=O) groups excluding carboxylic acids is 3. The van der Waals surface area contributed by atoms with Gasteiger partial charge < -0.3 is 31.1 Å². The van der Waals surface area contributed by atoms with E-state index in [4.69, 9.17) is 10.2 Å². The maximum atomic E-state index is 14.6. The molecule has 0 saturated heterocycles. The van der Waals surface area contributed by atoms with Gasteiger partial charge in [-0.05, 0) is 47.9 Å². The number of H-pyrrole nitrogens is 1. The van der Waals surface area contributed by atoms with Crippen molar-refractivity contribution in [3.05, 3.63) is 76.6 Å². The van der Waals surface area contributed by atoms with Gasteiger partial charge in [0.15, 0.2) is 0 Å². The zero-order valence-electron chi connectivity index (χ0n) is 28.2. The molecule has 2 unspecified atom stereocenters. The van der Waals surface area contributed by atoms with Crippen LogP contribution in [0.15, 0.2) is 46.9 Å². The number of halogens is 4. The Kier molecular flexibility index (Phi) is 10.5. The number of para-hydroxylation sites is 1. The molecule has 2 aromatic carbocycles. The highest BCUT2D eigenvalue weighted by Crippen LogP contribution is 2.40. The molecule has 0 saturated carbocycles. The van der Waals surface area contributed by atoms with Gasteiger partial charge in [-0.3, -0.25) is 14.4 Å². The van der Waals surface area contributed by atoms with Crippen molar-refractivity contribution in [2.75, 3.05) is 5.73 Å². The highest BCUT2D eigenvalue weighted by Gasteiger charge is 2.47. The first-order valence-corrected chi connectivity index (χ1v) is 16.6. The van der Waals surface area contributed by atoms with E-state index in [1.807, 2.05) is 20.8 Å². The number of hydrogen-bond acceptors (Lipinski definition) is 7. The molecule has 0 spiro atoms. The second-order valence-corrected chi connectivity index (χ2v) is 13.1. The maximum Gasteiger partial charge on any atom is 0.418 e. The first-order valence-electron chi connectivity index (χ1n) is 16.6. The molecule has 15 heteroatoms. The van der Waals surface area contributed by atoms with Crippen LogP contribution in [0.5, 0.6) is 0 Å². The number of alkyl halides is 3. The highest BCUT2D eigenvalue weighted by molar-refractivity contribution is 5.97. The largest absolute Gasteiger partial charge is 0.418 e. The van der Waals surface area contributed by atoms with E-state index in [0.717, 1.165) is 6.07 Å². The van der Waals surface area contributed by atoms with Crippen LogP contribution in [-0.4, -0.2) is 44.5 Å². The number of nitrogens with one attached hydrogen (secondary N) is 4. The van der Waals surface area contributed by atoms with Crippen LogP contribution >= 0.6 is 0 Å². The third-order valence-electron chi connectivity index (χ3n) is 9.76. The Morgan fingerprint density at radius 2 is 1.74 bits per heavy atom. The highest BCUT2D eigenvalue weighted by atomic mass is 19.4. The van der Waals surface area contributed by atoms with E-state index in [1.165, 1.54) is 24.3 Å². The summed E-state index contributed by atoms with van der Waals surface area (Å²) in [6.45, 7) is 7.35. The minimum atomic E-state index is -4.63. The minimum Gasteiger partial charge on any atom is -0.406 e. The zero-order chi connectivity index (χ0) is 36.4. The van der Waals surface area contributed by atoms with Gasteiger partial charge in [0.25, 0.3) is 0 Å². The summed E-state index contributed by atoms with van der Waals surface area (Å²) in [7, 11) is 0. The fraction of sp³-hybridized carbons (Fsp3) is 0.457. The van der Waals surface area contributed by atoms with Crippen molar-refractivity contribution in [2.45, 2.75) is 90.0 Å². The molecule has 0 radical (unpaired) electrons. The molecule has 0 bridgehead atoms. The molecular weight excluding hydrogens is 658 g/mol. The van der Waals surface area contributed by atoms with Crippen LogP contribution < -0.4 is 21.7 Å². The predicted molar refractivity (Wildman–Crippen MR) is 177 cm³/mol. The molecule has 2 heterocycles. The summed E-state index contributed by atoms with van der Waals surface area (Å²) >= 11 is 0. The molecule has 5 atom stereocenters. The topological polar surface area (TPSA) is 168 Å². The van der Waals surface area contributed by atoms with Crippen LogP contribution in [0.2, 0.25) is 0 Å². The summed E-state index contributed by atoms with van der Waals surface area (Å²) in [5.41, 5.74) is 4.19.